The number of nitrogens with one attached hydrogen (secondary N) is 1. The average Bonchev–Trinajstić information content (AvgIpc) is 3.08. The normalized spacial score (nSPS) is 10.5. The molecule has 0 aliphatic carbocycles. The minimum Gasteiger partial charge on any atom is -0.403 e. The fraction of sp³-hybridized carbons (Fsp3) is 0.176. The predicted octanol–water partition coefficient (Wildman–Crippen LogP) is 1.75. The van der Waals surface area contributed by atoms with Crippen molar-refractivity contribution in [2.75, 3.05) is 24.3 Å². The maximum atomic E-state index is 12.2. The molecular formula is C17H17N5O3. The van der Waals surface area contributed by atoms with Gasteiger partial charge in [-0.2, -0.15) is 0 Å². The van der Waals surface area contributed by atoms with Crippen molar-refractivity contribution < 1.29 is 9.21 Å². The van der Waals surface area contributed by atoms with Gasteiger partial charge in [-0.25, -0.2) is 0 Å². The van der Waals surface area contributed by atoms with Gasteiger partial charge >= 0.3 is 6.01 Å². The Morgan fingerprint density at radius 1 is 1.12 bits per heavy atom. The van der Waals surface area contributed by atoms with E-state index in [1.54, 1.807) is 36.2 Å². The number of rotatable bonds is 4. The van der Waals surface area contributed by atoms with Crippen molar-refractivity contribution in [3.05, 3.63) is 58.5 Å². The van der Waals surface area contributed by atoms with Gasteiger partial charge < -0.3 is 19.2 Å². The number of amides is 1. The number of hydrogen-bond donors (Lipinski definition) is 1. The standard InChI is InChI=1S/C17H17N5O3/c1-21(2)17-20-19-16(25-17)11-4-7-13(8-5-11)18-15(24)12-6-9-14(23)22(3)10-12/h4-10H,1-3H3,(H,18,24). The number of hydrogen-bond acceptors (Lipinski definition) is 6. The Morgan fingerprint density at radius 2 is 1.84 bits per heavy atom. The highest BCUT2D eigenvalue weighted by Gasteiger charge is 2.11. The summed E-state index contributed by atoms with van der Waals surface area (Å²) in [6, 6.07) is 10.3. The van der Waals surface area contributed by atoms with Crippen LogP contribution in [0.2, 0.25) is 0 Å². The molecule has 0 unspecified atom stereocenters. The Bertz CT molecular complexity index is 957. The third-order valence-electron chi connectivity index (χ3n) is 3.53. The van der Waals surface area contributed by atoms with Crippen LogP contribution in [0.5, 0.6) is 0 Å². The smallest absolute Gasteiger partial charge is 0.317 e. The van der Waals surface area contributed by atoms with E-state index in [4.69, 9.17) is 4.42 Å². The Balaban J connectivity index is 1.74. The minimum absolute atomic E-state index is 0.169. The molecular weight excluding hydrogens is 322 g/mol. The lowest BCUT2D eigenvalue weighted by Crippen LogP contribution is -2.19. The second-order valence-corrected chi connectivity index (χ2v) is 5.68. The monoisotopic (exact) mass is 339 g/mol. The van der Waals surface area contributed by atoms with Gasteiger partial charge in [-0.05, 0) is 30.3 Å². The summed E-state index contributed by atoms with van der Waals surface area (Å²) in [5.41, 5.74) is 1.60. The Hall–Kier alpha value is -3.42. The number of aromatic nitrogens is 3. The molecule has 0 radical (unpaired) electrons. The molecule has 0 spiro atoms. The SMILES string of the molecule is CN(C)c1nnc(-c2ccc(NC(=O)c3ccc(=O)n(C)c3)cc2)o1. The zero-order valence-corrected chi connectivity index (χ0v) is 14.1. The quantitative estimate of drug-likeness (QED) is 0.778. The first-order valence-corrected chi connectivity index (χ1v) is 7.53. The van der Waals surface area contributed by atoms with Crippen molar-refractivity contribution in [3.63, 3.8) is 0 Å². The molecule has 8 nitrogen and oxygen atoms in total. The summed E-state index contributed by atoms with van der Waals surface area (Å²) in [6.45, 7) is 0. The molecule has 128 valence electrons. The molecule has 2 heterocycles. The first-order valence-electron chi connectivity index (χ1n) is 7.53. The van der Waals surface area contributed by atoms with E-state index in [9.17, 15) is 9.59 Å². The van der Waals surface area contributed by atoms with E-state index < -0.39 is 0 Å². The fourth-order valence-electron chi connectivity index (χ4n) is 2.14. The van der Waals surface area contributed by atoms with Gasteiger partial charge in [0.15, 0.2) is 0 Å². The first kappa shape index (κ1) is 16.4. The molecule has 1 N–H and O–H groups in total. The lowest BCUT2D eigenvalue weighted by Gasteiger charge is -2.07. The number of aryl methyl sites for hydroxylation is 1. The van der Waals surface area contributed by atoms with Crippen LogP contribution in [0.1, 0.15) is 10.4 Å². The molecule has 3 aromatic rings. The Labute approximate surface area is 143 Å². The highest BCUT2D eigenvalue weighted by atomic mass is 16.4. The van der Waals surface area contributed by atoms with Crippen LogP contribution in [0.15, 0.2) is 51.8 Å². The molecule has 8 heteroatoms. The number of carbonyl (C=O) groups is 1. The van der Waals surface area contributed by atoms with E-state index in [0.29, 0.717) is 23.2 Å². The van der Waals surface area contributed by atoms with Crippen LogP contribution in [-0.2, 0) is 7.05 Å². The lowest BCUT2D eigenvalue weighted by atomic mass is 10.2. The average molecular weight is 339 g/mol. The van der Waals surface area contributed by atoms with E-state index in [0.717, 1.165) is 5.56 Å². The largest absolute Gasteiger partial charge is 0.403 e. The number of anilines is 2. The molecule has 0 bridgehead atoms. The predicted molar refractivity (Wildman–Crippen MR) is 93.7 cm³/mol. The van der Waals surface area contributed by atoms with E-state index in [-0.39, 0.29) is 11.5 Å². The van der Waals surface area contributed by atoms with Crippen molar-refractivity contribution in [1.29, 1.82) is 0 Å². The minimum atomic E-state index is -0.295. The molecule has 0 aliphatic heterocycles. The van der Waals surface area contributed by atoms with Crippen molar-refractivity contribution in [2.24, 2.45) is 7.05 Å². The first-order chi connectivity index (χ1) is 11.9. The molecule has 0 saturated heterocycles. The van der Waals surface area contributed by atoms with Crippen LogP contribution in [0.3, 0.4) is 0 Å². The van der Waals surface area contributed by atoms with Gasteiger partial charge in [0, 0.05) is 44.7 Å². The van der Waals surface area contributed by atoms with Crippen LogP contribution >= 0.6 is 0 Å². The second-order valence-electron chi connectivity index (χ2n) is 5.68. The van der Waals surface area contributed by atoms with E-state index in [1.165, 1.54) is 22.9 Å². The Kier molecular flexibility index (Phi) is 4.34. The number of carbonyl (C=O) groups excluding carboxylic acids is 1. The van der Waals surface area contributed by atoms with Crippen molar-refractivity contribution in [1.82, 2.24) is 14.8 Å². The van der Waals surface area contributed by atoms with Crippen LogP contribution < -0.4 is 15.8 Å². The molecule has 3 rings (SSSR count). The van der Waals surface area contributed by atoms with Crippen LogP contribution in [-0.4, -0.2) is 34.8 Å². The van der Waals surface area contributed by atoms with Gasteiger partial charge in [-0.3, -0.25) is 9.59 Å². The molecule has 25 heavy (non-hydrogen) atoms. The third kappa shape index (κ3) is 3.57. The van der Waals surface area contributed by atoms with Crippen molar-refractivity contribution >= 4 is 17.6 Å². The van der Waals surface area contributed by atoms with Crippen molar-refractivity contribution in [3.8, 4) is 11.5 Å². The van der Waals surface area contributed by atoms with Gasteiger partial charge in [0.1, 0.15) is 0 Å². The van der Waals surface area contributed by atoms with Gasteiger partial charge in [-0.1, -0.05) is 5.10 Å². The summed E-state index contributed by atoms with van der Waals surface area (Å²) in [7, 11) is 5.23. The summed E-state index contributed by atoms with van der Waals surface area (Å²) < 4.78 is 6.89. The van der Waals surface area contributed by atoms with Crippen LogP contribution in [0.4, 0.5) is 11.7 Å². The van der Waals surface area contributed by atoms with E-state index >= 15 is 0 Å². The number of nitrogens with zero attached hydrogens (tertiary/aromatic N) is 4. The highest BCUT2D eigenvalue weighted by molar-refractivity contribution is 6.04. The summed E-state index contributed by atoms with van der Waals surface area (Å²) >= 11 is 0. The molecule has 1 aromatic carbocycles. The zero-order chi connectivity index (χ0) is 18.0. The third-order valence-corrected chi connectivity index (χ3v) is 3.53. The Morgan fingerprint density at radius 3 is 2.44 bits per heavy atom. The number of pyridine rings is 1. The van der Waals surface area contributed by atoms with Crippen LogP contribution in [0, 0.1) is 0 Å². The molecule has 0 atom stereocenters. The molecule has 1 amide bonds. The van der Waals surface area contributed by atoms with Gasteiger partial charge in [-0.15, -0.1) is 5.10 Å². The zero-order valence-electron chi connectivity index (χ0n) is 14.1. The molecule has 2 aromatic heterocycles. The maximum absolute atomic E-state index is 12.2. The van der Waals surface area contributed by atoms with Crippen molar-refractivity contribution in [2.45, 2.75) is 0 Å². The summed E-state index contributed by atoms with van der Waals surface area (Å²) in [5.74, 6) is 0.107. The summed E-state index contributed by atoms with van der Waals surface area (Å²) in [5, 5.41) is 10.7. The summed E-state index contributed by atoms with van der Waals surface area (Å²) in [4.78, 5) is 25.3. The topological polar surface area (TPSA) is 93.3 Å². The molecule has 0 fully saturated rings. The maximum Gasteiger partial charge on any atom is 0.317 e. The van der Waals surface area contributed by atoms with Gasteiger partial charge in [0.25, 0.3) is 5.91 Å². The second kappa shape index (κ2) is 6.60. The van der Waals surface area contributed by atoms with E-state index in [2.05, 4.69) is 15.5 Å². The fourth-order valence-corrected chi connectivity index (χ4v) is 2.14. The van der Waals surface area contributed by atoms with E-state index in [1.807, 2.05) is 14.1 Å². The lowest BCUT2D eigenvalue weighted by molar-refractivity contribution is 0.102. The van der Waals surface area contributed by atoms with Gasteiger partial charge in [0.2, 0.25) is 11.4 Å². The highest BCUT2D eigenvalue weighted by Crippen LogP contribution is 2.22. The molecule has 0 aliphatic rings. The number of benzene rings is 1. The summed E-state index contributed by atoms with van der Waals surface area (Å²) in [6.07, 6.45) is 1.49. The van der Waals surface area contributed by atoms with Crippen LogP contribution in [0.25, 0.3) is 11.5 Å². The molecule has 0 saturated carbocycles. The van der Waals surface area contributed by atoms with Gasteiger partial charge in [0.05, 0.1) is 5.56 Å².